The summed E-state index contributed by atoms with van der Waals surface area (Å²) in [5.41, 5.74) is -1.97. The maximum atomic E-state index is 13.4. The van der Waals surface area contributed by atoms with Crippen molar-refractivity contribution in [3.63, 3.8) is 0 Å². The van der Waals surface area contributed by atoms with Gasteiger partial charge in [0.25, 0.3) is 31.0 Å². The molecule has 0 fully saturated rings. The molecule has 0 bridgehead atoms. The fourth-order valence-electron chi connectivity index (χ4n) is 3.08. The second-order valence-corrected chi connectivity index (χ2v) is 14.0. The second-order valence-electron chi connectivity index (χ2n) is 6.97. The molecule has 2 aromatic carbocycles. The number of rotatable bonds is 8. The lowest BCUT2D eigenvalue weighted by atomic mass is 10.2. The smallest absolute Gasteiger partial charge is 0.261 e. The topological polar surface area (TPSA) is 232 Å². The predicted molar refractivity (Wildman–Crippen MR) is 115 cm³/mol. The first kappa shape index (κ1) is 26.7. The number of hydrogen-bond acceptors (Lipinski definition) is 12. The van der Waals surface area contributed by atoms with Gasteiger partial charge in [-0.25, -0.2) is 25.3 Å². The van der Waals surface area contributed by atoms with Gasteiger partial charge in [-0.05, 0) is 26.0 Å². The number of sulfone groups is 3. The summed E-state index contributed by atoms with van der Waals surface area (Å²) >= 11 is 0. The maximum Gasteiger partial charge on any atom is 0.520 e. The molecule has 0 amide bonds. The summed E-state index contributed by atoms with van der Waals surface area (Å²) in [7, 11) is -17.9. The monoisotopic (exact) mass is 537 g/mol. The van der Waals surface area contributed by atoms with Crippen LogP contribution >= 0.6 is 0 Å². The fraction of sp³-hybridized carbons (Fsp3) is 0.250. The Morgan fingerprint density at radius 1 is 0.676 bits per heavy atom. The molecule has 0 N–H and O–H groups in total. The van der Waals surface area contributed by atoms with E-state index in [1.807, 2.05) is 0 Å². The van der Waals surface area contributed by atoms with Gasteiger partial charge in [0, 0.05) is 29.5 Å². The van der Waals surface area contributed by atoms with E-state index in [0.29, 0.717) is 24.3 Å². The third kappa shape index (κ3) is 3.78. The molecule has 34 heavy (non-hydrogen) atoms. The highest BCUT2D eigenvalue weighted by Crippen LogP contribution is 2.42. The van der Waals surface area contributed by atoms with E-state index in [1.165, 1.54) is 13.8 Å². The first-order valence-corrected chi connectivity index (χ1v) is 13.5. The van der Waals surface area contributed by atoms with Crippen LogP contribution in [0.1, 0.15) is 11.1 Å². The van der Waals surface area contributed by atoms with E-state index in [2.05, 4.69) is 0 Å². The molecule has 0 radical (unpaired) electrons. The average molecular weight is 538 g/mol. The Hall–Kier alpha value is -3.51. The van der Waals surface area contributed by atoms with Crippen molar-refractivity contribution in [2.24, 2.45) is 0 Å². The zero-order chi connectivity index (χ0) is 26.4. The summed E-state index contributed by atoms with van der Waals surface area (Å²) in [5.74, 6) is 0. The van der Waals surface area contributed by atoms with Crippen LogP contribution in [0.4, 0.5) is 11.4 Å². The van der Waals surface area contributed by atoms with Gasteiger partial charge in [0.15, 0.2) is 0 Å². The molecule has 2 rings (SSSR count). The molecule has 0 unspecified atom stereocenters. The molecule has 0 aliphatic carbocycles. The second kappa shape index (κ2) is 8.37. The molecular weight excluding hydrogens is 522 g/mol. The van der Waals surface area contributed by atoms with Gasteiger partial charge >= 0.3 is 3.54 Å². The lowest BCUT2D eigenvalue weighted by Crippen LogP contribution is -2.58. The molecule has 0 heterocycles. The van der Waals surface area contributed by atoms with Gasteiger partial charge in [-0.1, -0.05) is 12.1 Å². The molecule has 184 valence electrons. The average Bonchev–Trinajstić information content (AvgIpc) is 2.66. The molecule has 0 atom stereocenters. The van der Waals surface area contributed by atoms with Crippen molar-refractivity contribution in [1.82, 2.24) is 0 Å². The van der Waals surface area contributed by atoms with Crippen molar-refractivity contribution < 1.29 is 40.0 Å². The Bertz CT molecular complexity index is 1470. The van der Waals surface area contributed by atoms with E-state index in [4.69, 9.17) is 0 Å². The van der Waals surface area contributed by atoms with Crippen molar-refractivity contribution in [2.45, 2.75) is 27.2 Å². The Labute approximate surface area is 192 Å². The van der Waals surface area contributed by atoms with Gasteiger partial charge < -0.3 is 0 Å². The molecule has 0 aromatic heterocycles. The van der Waals surface area contributed by atoms with E-state index < -0.39 is 69.0 Å². The highest BCUT2D eigenvalue weighted by molar-refractivity contribution is 8.25. The molecule has 18 heteroatoms. The molecular formula is C16H15N3O12S3. The quantitative estimate of drug-likeness (QED) is 0.342. The number of nitro benzene ring substituents is 2. The van der Waals surface area contributed by atoms with Gasteiger partial charge in [-0.3, -0.25) is 30.3 Å². The van der Waals surface area contributed by atoms with Crippen molar-refractivity contribution in [2.75, 3.05) is 6.26 Å². The lowest BCUT2D eigenvalue weighted by Gasteiger charge is -2.23. The molecule has 0 saturated carbocycles. The van der Waals surface area contributed by atoms with Crippen molar-refractivity contribution >= 4 is 40.9 Å². The largest absolute Gasteiger partial charge is 0.520 e. The zero-order valence-corrected chi connectivity index (χ0v) is 19.9. The lowest BCUT2D eigenvalue weighted by molar-refractivity contribution is -0.489. The van der Waals surface area contributed by atoms with Crippen LogP contribution in [0, 0.1) is 44.2 Å². The minimum Gasteiger partial charge on any atom is -0.261 e. The molecule has 15 nitrogen and oxygen atoms in total. The van der Waals surface area contributed by atoms with Crippen molar-refractivity contribution in [3.05, 3.63) is 77.9 Å². The van der Waals surface area contributed by atoms with Crippen LogP contribution in [0.25, 0.3) is 0 Å². The van der Waals surface area contributed by atoms with E-state index in [0.717, 1.165) is 12.1 Å². The van der Waals surface area contributed by atoms with Crippen LogP contribution in [0.2, 0.25) is 0 Å². The predicted octanol–water partition coefficient (Wildman–Crippen LogP) is 1.30. The molecule has 2 aromatic rings. The minimum absolute atomic E-state index is 0.0178. The third-order valence-electron chi connectivity index (χ3n) is 4.75. The van der Waals surface area contributed by atoms with Crippen LogP contribution in [0.3, 0.4) is 0 Å². The number of nitro groups is 3. The maximum absolute atomic E-state index is 13.4. The fourth-order valence-corrected chi connectivity index (χ4v) is 10.9. The number of hydrogen-bond donors (Lipinski definition) is 0. The Morgan fingerprint density at radius 2 is 1.00 bits per heavy atom. The Balaban J connectivity index is 3.12. The van der Waals surface area contributed by atoms with Crippen LogP contribution in [0.15, 0.2) is 46.2 Å². The highest BCUT2D eigenvalue weighted by Gasteiger charge is 2.76. The van der Waals surface area contributed by atoms with Gasteiger partial charge in [0.2, 0.25) is 9.84 Å². The molecule has 0 saturated heterocycles. The molecule has 0 aliphatic heterocycles. The standard InChI is InChI=1S/C16H15N3O12S3/c1-10-4-6-12(8-14(10)17(20)21)33(28,29)16(19(24)25,32(3,26)27)34(30,31)13-7-5-11(2)15(9-13)18(22)23/h4-9H,1-3H3. The van der Waals surface area contributed by atoms with E-state index >= 15 is 0 Å². The van der Waals surface area contributed by atoms with Crippen molar-refractivity contribution in [1.29, 1.82) is 0 Å². The minimum atomic E-state index is -6.09. The van der Waals surface area contributed by atoms with Gasteiger partial charge in [0.05, 0.1) is 24.6 Å². The normalized spacial score (nSPS) is 12.8. The van der Waals surface area contributed by atoms with Gasteiger partial charge in [-0.2, -0.15) is 0 Å². The first-order valence-electron chi connectivity index (χ1n) is 8.67. The molecule has 0 spiro atoms. The van der Waals surface area contributed by atoms with Crippen LogP contribution in [-0.2, 0) is 29.5 Å². The summed E-state index contributed by atoms with van der Waals surface area (Å²) in [6, 6.07) is 3.41. The summed E-state index contributed by atoms with van der Waals surface area (Å²) in [5, 5.41) is 34.5. The number of benzene rings is 2. The van der Waals surface area contributed by atoms with Gasteiger partial charge in [-0.15, -0.1) is 0 Å². The van der Waals surface area contributed by atoms with Crippen molar-refractivity contribution in [3.8, 4) is 0 Å². The number of aryl methyl sites for hydroxylation is 2. The summed E-state index contributed by atoms with van der Waals surface area (Å²) in [6.07, 6.45) is -0.0178. The van der Waals surface area contributed by atoms with Gasteiger partial charge in [0.1, 0.15) is 0 Å². The zero-order valence-electron chi connectivity index (χ0n) is 17.4. The van der Waals surface area contributed by atoms with Crippen LogP contribution < -0.4 is 0 Å². The Morgan fingerprint density at radius 3 is 1.24 bits per heavy atom. The molecule has 0 aliphatic rings. The first-order chi connectivity index (χ1) is 15.3. The number of nitrogens with zero attached hydrogens (tertiary/aromatic N) is 3. The summed E-state index contributed by atoms with van der Waals surface area (Å²) in [4.78, 5) is 27.7. The summed E-state index contributed by atoms with van der Waals surface area (Å²) in [6.45, 7) is 2.38. The van der Waals surface area contributed by atoms with Crippen LogP contribution in [0.5, 0.6) is 0 Å². The highest BCUT2D eigenvalue weighted by atomic mass is 32.3. The van der Waals surface area contributed by atoms with E-state index in [-0.39, 0.29) is 17.4 Å². The SMILES string of the molecule is Cc1ccc(S(=O)(=O)C([N+](=O)[O-])(S(C)(=O)=O)S(=O)(=O)c2ccc(C)c([N+](=O)[O-])c2)cc1[N+](=O)[O-]. The van der Waals surface area contributed by atoms with Crippen LogP contribution in [-0.4, -0.2) is 49.8 Å². The van der Waals surface area contributed by atoms with E-state index in [9.17, 15) is 55.6 Å². The van der Waals surface area contributed by atoms with E-state index in [1.54, 1.807) is 0 Å². The summed E-state index contributed by atoms with van der Waals surface area (Å²) < 4.78 is 74.0. The Kier molecular flexibility index (Phi) is 6.58. The third-order valence-corrected chi connectivity index (χ3v) is 13.7.